The lowest BCUT2D eigenvalue weighted by Crippen LogP contribution is -2.39. The van der Waals surface area contributed by atoms with Crippen LogP contribution >= 0.6 is 12.6 Å². The van der Waals surface area contributed by atoms with Crippen molar-refractivity contribution in [2.45, 2.75) is 17.7 Å². The van der Waals surface area contributed by atoms with Gasteiger partial charge in [-0.3, -0.25) is 4.79 Å². The maximum absolute atomic E-state index is 12.3. The molecular formula is C14H19NO2S. The second-order valence-electron chi connectivity index (χ2n) is 4.74. The highest BCUT2D eigenvalue weighted by atomic mass is 32.1. The van der Waals surface area contributed by atoms with E-state index in [0.717, 1.165) is 43.0 Å². The number of rotatable bonds is 3. The van der Waals surface area contributed by atoms with Crippen LogP contribution in [0.3, 0.4) is 0 Å². The molecule has 0 unspecified atom stereocenters. The predicted octanol–water partition coefficient (Wildman–Crippen LogP) is 2.47. The van der Waals surface area contributed by atoms with Gasteiger partial charge in [0.05, 0.1) is 0 Å². The van der Waals surface area contributed by atoms with Crippen LogP contribution in [-0.2, 0) is 4.74 Å². The molecule has 0 saturated carbocycles. The van der Waals surface area contributed by atoms with E-state index >= 15 is 0 Å². The first-order valence-electron chi connectivity index (χ1n) is 6.28. The fourth-order valence-corrected chi connectivity index (χ4v) is 2.59. The fourth-order valence-electron chi connectivity index (χ4n) is 2.36. The number of benzene rings is 1. The topological polar surface area (TPSA) is 29.5 Å². The third-order valence-corrected chi connectivity index (χ3v) is 3.68. The Morgan fingerprint density at radius 2 is 2.17 bits per heavy atom. The van der Waals surface area contributed by atoms with Gasteiger partial charge in [-0.25, -0.2) is 0 Å². The smallest absolute Gasteiger partial charge is 0.253 e. The summed E-state index contributed by atoms with van der Waals surface area (Å²) in [6.07, 6.45) is 2.06. The number of hydrogen-bond donors (Lipinski definition) is 1. The zero-order valence-corrected chi connectivity index (χ0v) is 11.5. The Morgan fingerprint density at radius 3 is 2.78 bits per heavy atom. The minimum Gasteiger partial charge on any atom is -0.384 e. The number of amides is 1. The second-order valence-corrected chi connectivity index (χ2v) is 5.26. The van der Waals surface area contributed by atoms with Gasteiger partial charge in [0, 0.05) is 37.3 Å². The molecule has 0 N–H and O–H groups in total. The Kier molecular flexibility index (Phi) is 4.66. The molecule has 1 heterocycles. The van der Waals surface area contributed by atoms with E-state index in [2.05, 4.69) is 12.6 Å². The zero-order valence-electron chi connectivity index (χ0n) is 10.6. The highest BCUT2D eigenvalue weighted by Crippen LogP contribution is 2.20. The fraction of sp³-hybridized carbons (Fsp3) is 0.500. The van der Waals surface area contributed by atoms with Crippen molar-refractivity contribution in [1.29, 1.82) is 0 Å². The maximum atomic E-state index is 12.3. The number of likely N-dealkylation sites (tertiary alicyclic amines) is 1. The molecule has 1 amide bonds. The summed E-state index contributed by atoms with van der Waals surface area (Å²) in [6.45, 7) is 2.45. The molecule has 98 valence electrons. The van der Waals surface area contributed by atoms with Crippen LogP contribution in [0.25, 0.3) is 0 Å². The van der Waals surface area contributed by atoms with Gasteiger partial charge in [-0.05, 0) is 37.0 Å². The van der Waals surface area contributed by atoms with Gasteiger partial charge in [0.1, 0.15) is 0 Å². The summed E-state index contributed by atoms with van der Waals surface area (Å²) >= 11 is 4.27. The Morgan fingerprint density at radius 1 is 1.44 bits per heavy atom. The first-order valence-corrected chi connectivity index (χ1v) is 6.72. The van der Waals surface area contributed by atoms with Crippen molar-refractivity contribution in [3.05, 3.63) is 29.8 Å². The molecule has 18 heavy (non-hydrogen) atoms. The van der Waals surface area contributed by atoms with Crippen molar-refractivity contribution in [2.24, 2.45) is 5.92 Å². The highest BCUT2D eigenvalue weighted by Gasteiger charge is 2.23. The molecule has 0 aliphatic carbocycles. The molecule has 1 aromatic rings. The van der Waals surface area contributed by atoms with Gasteiger partial charge in [0.25, 0.3) is 5.91 Å². The number of methoxy groups -OCH3 is 1. The van der Waals surface area contributed by atoms with Gasteiger partial charge in [-0.1, -0.05) is 6.07 Å². The summed E-state index contributed by atoms with van der Waals surface area (Å²) in [6, 6.07) is 7.42. The number of thiol groups is 1. The molecule has 0 aromatic heterocycles. The van der Waals surface area contributed by atoms with E-state index in [1.165, 1.54) is 0 Å². The number of carbonyl (C=O) groups is 1. The maximum Gasteiger partial charge on any atom is 0.253 e. The van der Waals surface area contributed by atoms with Crippen LogP contribution in [0.5, 0.6) is 0 Å². The molecule has 0 spiro atoms. The molecule has 1 saturated heterocycles. The molecule has 1 fully saturated rings. The summed E-state index contributed by atoms with van der Waals surface area (Å²) in [5.41, 5.74) is 0.729. The lowest BCUT2D eigenvalue weighted by atomic mass is 9.97. The third-order valence-electron chi connectivity index (χ3n) is 3.40. The van der Waals surface area contributed by atoms with Crippen molar-refractivity contribution in [3.63, 3.8) is 0 Å². The molecule has 0 atom stereocenters. The molecular weight excluding hydrogens is 246 g/mol. The van der Waals surface area contributed by atoms with Crippen LogP contribution in [0.1, 0.15) is 23.2 Å². The molecule has 0 bridgehead atoms. The minimum absolute atomic E-state index is 0.113. The van der Waals surface area contributed by atoms with Crippen molar-refractivity contribution >= 4 is 18.5 Å². The molecule has 3 nitrogen and oxygen atoms in total. The van der Waals surface area contributed by atoms with Crippen LogP contribution in [0, 0.1) is 5.92 Å². The van der Waals surface area contributed by atoms with E-state index < -0.39 is 0 Å². The van der Waals surface area contributed by atoms with E-state index in [1.807, 2.05) is 29.2 Å². The molecule has 1 aliphatic rings. The minimum atomic E-state index is 0.113. The first kappa shape index (κ1) is 13.4. The van der Waals surface area contributed by atoms with Gasteiger partial charge in [-0.2, -0.15) is 0 Å². The van der Waals surface area contributed by atoms with E-state index in [0.29, 0.717) is 5.92 Å². The third kappa shape index (κ3) is 3.27. The number of carbonyl (C=O) groups excluding carboxylic acids is 1. The van der Waals surface area contributed by atoms with E-state index in [-0.39, 0.29) is 5.91 Å². The van der Waals surface area contributed by atoms with Crippen LogP contribution in [0.15, 0.2) is 29.2 Å². The van der Waals surface area contributed by atoms with Gasteiger partial charge in [0.2, 0.25) is 0 Å². The Hall–Kier alpha value is -1.00. The van der Waals surface area contributed by atoms with Crippen molar-refractivity contribution in [1.82, 2.24) is 4.90 Å². The van der Waals surface area contributed by atoms with Crippen LogP contribution in [-0.4, -0.2) is 37.6 Å². The standard InChI is InChI=1S/C14H19NO2S/c1-17-10-11-5-7-15(8-6-11)14(16)12-3-2-4-13(18)9-12/h2-4,9,11,18H,5-8,10H2,1H3. The highest BCUT2D eigenvalue weighted by molar-refractivity contribution is 7.80. The van der Waals surface area contributed by atoms with E-state index in [9.17, 15) is 4.79 Å². The van der Waals surface area contributed by atoms with E-state index in [4.69, 9.17) is 4.74 Å². The summed E-state index contributed by atoms with van der Waals surface area (Å²) in [5, 5.41) is 0. The van der Waals surface area contributed by atoms with Crippen LogP contribution in [0.2, 0.25) is 0 Å². The zero-order chi connectivity index (χ0) is 13.0. The predicted molar refractivity (Wildman–Crippen MR) is 74.2 cm³/mol. The summed E-state index contributed by atoms with van der Waals surface area (Å²) in [5.74, 6) is 0.706. The average Bonchev–Trinajstić information content (AvgIpc) is 2.39. The Labute approximate surface area is 114 Å². The normalized spacial score (nSPS) is 16.9. The largest absolute Gasteiger partial charge is 0.384 e. The number of hydrogen-bond acceptors (Lipinski definition) is 3. The lowest BCUT2D eigenvalue weighted by molar-refractivity contribution is 0.0613. The Bertz CT molecular complexity index is 414. The lowest BCUT2D eigenvalue weighted by Gasteiger charge is -2.31. The number of nitrogens with zero attached hydrogens (tertiary/aromatic N) is 1. The average molecular weight is 265 g/mol. The van der Waals surface area contributed by atoms with Crippen LogP contribution in [0.4, 0.5) is 0 Å². The summed E-state index contributed by atoms with van der Waals surface area (Å²) < 4.78 is 5.16. The summed E-state index contributed by atoms with van der Waals surface area (Å²) in [4.78, 5) is 15.0. The number of piperidine rings is 1. The van der Waals surface area contributed by atoms with Crippen LogP contribution < -0.4 is 0 Å². The molecule has 0 radical (unpaired) electrons. The van der Waals surface area contributed by atoms with Gasteiger partial charge in [-0.15, -0.1) is 12.6 Å². The molecule has 2 rings (SSSR count). The molecule has 4 heteroatoms. The van der Waals surface area contributed by atoms with Gasteiger partial charge < -0.3 is 9.64 Å². The first-order chi connectivity index (χ1) is 8.70. The second kappa shape index (κ2) is 6.25. The van der Waals surface area contributed by atoms with Crippen molar-refractivity contribution in [3.8, 4) is 0 Å². The number of ether oxygens (including phenoxy) is 1. The SMILES string of the molecule is COCC1CCN(C(=O)c2cccc(S)c2)CC1. The van der Waals surface area contributed by atoms with Crippen molar-refractivity contribution in [2.75, 3.05) is 26.8 Å². The van der Waals surface area contributed by atoms with Gasteiger partial charge in [0.15, 0.2) is 0 Å². The monoisotopic (exact) mass is 265 g/mol. The van der Waals surface area contributed by atoms with Gasteiger partial charge >= 0.3 is 0 Å². The summed E-state index contributed by atoms with van der Waals surface area (Å²) in [7, 11) is 1.73. The molecule has 1 aromatic carbocycles. The van der Waals surface area contributed by atoms with Crippen molar-refractivity contribution < 1.29 is 9.53 Å². The quantitative estimate of drug-likeness (QED) is 0.851. The Balaban J connectivity index is 1.95. The van der Waals surface area contributed by atoms with E-state index in [1.54, 1.807) is 7.11 Å². The molecule has 1 aliphatic heterocycles.